The highest BCUT2D eigenvalue weighted by Crippen LogP contribution is 2.30. The van der Waals surface area contributed by atoms with E-state index in [1.165, 1.54) is 64.2 Å². The normalized spacial score (nSPS) is 29.6. The monoisotopic (exact) mass is 804 g/mol. The molecule has 0 aromatic carbocycles. The van der Waals surface area contributed by atoms with E-state index < -0.39 is 86.8 Å². The van der Waals surface area contributed by atoms with Crippen molar-refractivity contribution in [2.45, 2.75) is 216 Å². The first-order valence-corrected chi connectivity index (χ1v) is 21.6. The predicted molar refractivity (Wildman–Crippen MR) is 212 cm³/mol. The molecule has 2 fully saturated rings. The first kappa shape index (κ1) is 50.6. The van der Waals surface area contributed by atoms with Crippen molar-refractivity contribution in [2.75, 3.05) is 19.8 Å². The Labute approximate surface area is 335 Å². The van der Waals surface area contributed by atoms with Gasteiger partial charge in [-0.3, -0.25) is 4.79 Å². The molecule has 2 rings (SSSR count). The minimum atomic E-state index is -1.78. The van der Waals surface area contributed by atoms with Crippen LogP contribution in [0.5, 0.6) is 0 Å². The Kier molecular flexibility index (Phi) is 27.6. The van der Waals surface area contributed by atoms with Crippen LogP contribution in [0.25, 0.3) is 0 Å². The molecule has 0 radical (unpaired) electrons. The lowest BCUT2D eigenvalue weighted by Crippen LogP contribution is -2.65. The molecule has 2 heterocycles. The summed E-state index contributed by atoms with van der Waals surface area (Å²) in [5.74, 6) is -0.254. The summed E-state index contributed by atoms with van der Waals surface area (Å²) in [6.07, 6.45) is 12.9. The Morgan fingerprint density at radius 1 is 0.625 bits per heavy atom. The van der Waals surface area contributed by atoms with Gasteiger partial charge in [-0.2, -0.15) is 0 Å². The molecule has 9 N–H and O–H groups in total. The molecular weight excluding hydrogens is 726 g/mol. The molecule has 0 aromatic rings. The zero-order chi connectivity index (χ0) is 41.1. The summed E-state index contributed by atoms with van der Waals surface area (Å²) < 4.78 is 22.5. The lowest BCUT2D eigenvalue weighted by molar-refractivity contribution is -0.359. The number of allylic oxidation sites excluding steroid dienone is 3. The second-order valence-electron chi connectivity index (χ2n) is 15.5. The van der Waals surface area contributed by atoms with Crippen molar-refractivity contribution < 1.29 is 64.6 Å². The average molecular weight is 804 g/mol. The molecule has 14 nitrogen and oxygen atoms in total. The standard InChI is InChI=1S/C42H77NO13/c1-3-5-7-9-10-11-12-13-14-15-16-17-18-19-20-22-24-26-34(47)43-30(31(46)25-23-21-8-6-4-2)29-53-41-39(52)37(50)40(33(28-45)55-41)56-42-38(51)36(49)35(48)32(27-44)54-42/h13-14,23,25,30-33,35-42,44-46,48-52H,3-12,15-22,24,26-29H2,1-2H3,(H,43,47)/b14-13-,25-23+. The summed E-state index contributed by atoms with van der Waals surface area (Å²) in [6.45, 7) is 2.63. The second-order valence-corrected chi connectivity index (χ2v) is 15.5. The molecule has 328 valence electrons. The molecule has 2 aliphatic rings. The summed E-state index contributed by atoms with van der Waals surface area (Å²) in [6, 6.07) is -0.909. The zero-order valence-corrected chi connectivity index (χ0v) is 34.1. The van der Waals surface area contributed by atoms with Crippen LogP contribution in [0.3, 0.4) is 0 Å². The van der Waals surface area contributed by atoms with Crippen LogP contribution in [-0.4, -0.2) is 140 Å². The fourth-order valence-corrected chi connectivity index (χ4v) is 6.99. The summed E-state index contributed by atoms with van der Waals surface area (Å²) in [5.41, 5.74) is 0. The van der Waals surface area contributed by atoms with E-state index in [0.29, 0.717) is 6.42 Å². The van der Waals surface area contributed by atoms with Gasteiger partial charge in [0, 0.05) is 6.42 Å². The molecule has 0 bridgehead atoms. The van der Waals surface area contributed by atoms with Crippen molar-refractivity contribution in [3.05, 3.63) is 24.3 Å². The number of carbonyl (C=O) groups excluding carboxylic acids is 1. The van der Waals surface area contributed by atoms with Gasteiger partial charge in [0.2, 0.25) is 5.91 Å². The van der Waals surface area contributed by atoms with Crippen LogP contribution in [0.4, 0.5) is 0 Å². The lowest BCUT2D eigenvalue weighted by Gasteiger charge is -2.46. The van der Waals surface area contributed by atoms with Gasteiger partial charge in [-0.15, -0.1) is 0 Å². The van der Waals surface area contributed by atoms with Crippen molar-refractivity contribution in [1.82, 2.24) is 5.32 Å². The van der Waals surface area contributed by atoms with Crippen molar-refractivity contribution >= 4 is 5.91 Å². The fourth-order valence-electron chi connectivity index (χ4n) is 6.99. The van der Waals surface area contributed by atoms with Crippen LogP contribution in [0, 0.1) is 0 Å². The van der Waals surface area contributed by atoms with Crippen LogP contribution in [0.15, 0.2) is 24.3 Å². The van der Waals surface area contributed by atoms with Crippen molar-refractivity contribution in [2.24, 2.45) is 0 Å². The molecule has 1 amide bonds. The molecular formula is C42H77NO13. The highest BCUT2D eigenvalue weighted by Gasteiger charge is 2.50. The zero-order valence-electron chi connectivity index (χ0n) is 34.1. The minimum absolute atomic E-state index is 0.254. The summed E-state index contributed by atoms with van der Waals surface area (Å²) >= 11 is 0. The Bertz CT molecular complexity index is 1050. The number of rotatable bonds is 31. The van der Waals surface area contributed by atoms with Gasteiger partial charge >= 0.3 is 0 Å². The van der Waals surface area contributed by atoms with E-state index in [1.807, 2.05) is 6.08 Å². The number of amides is 1. The van der Waals surface area contributed by atoms with E-state index in [0.717, 1.165) is 51.4 Å². The minimum Gasteiger partial charge on any atom is -0.394 e. The van der Waals surface area contributed by atoms with E-state index in [4.69, 9.17) is 18.9 Å². The molecule has 12 unspecified atom stereocenters. The largest absolute Gasteiger partial charge is 0.394 e. The number of aliphatic hydroxyl groups excluding tert-OH is 8. The molecule has 0 spiro atoms. The summed E-state index contributed by atoms with van der Waals surface area (Å²) in [7, 11) is 0. The maximum atomic E-state index is 13.0. The number of hydrogen-bond acceptors (Lipinski definition) is 13. The van der Waals surface area contributed by atoms with Gasteiger partial charge in [0.1, 0.15) is 48.8 Å². The molecule has 14 heteroatoms. The smallest absolute Gasteiger partial charge is 0.220 e. The first-order chi connectivity index (χ1) is 27.1. The number of ether oxygens (including phenoxy) is 4. The van der Waals surface area contributed by atoms with Gasteiger partial charge in [0.15, 0.2) is 12.6 Å². The summed E-state index contributed by atoms with van der Waals surface area (Å²) in [5, 5.41) is 85.9. The van der Waals surface area contributed by atoms with Crippen molar-refractivity contribution in [3.8, 4) is 0 Å². The van der Waals surface area contributed by atoms with Crippen LogP contribution in [-0.2, 0) is 23.7 Å². The van der Waals surface area contributed by atoms with E-state index in [2.05, 4.69) is 31.3 Å². The van der Waals surface area contributed by atoms with Crippen LogP contribution in [0.1, 0.15) is 142 Å². The molecule has 2 saturated heterocycles. The number of hydrogen-bond donors (Lipinski definition) is 9. The molecule has 0 saturated carbocycles. The Morgan fingerprint density at radius 2 is 1.12 bits per heavy atom. The first-order valence-electron chi connectivity index (χ1n) is 21.6. The average Bonchev–Trinajstić information content (AvgIpc) is 3.19. The Hall–Kier alpha value is -1.53. The molecule has 0 aliphatic carbocycles. The Morgan fingerprint density at radius 3 is 1.73 bits per heavy atom. The van der Waals surface area contributed by atoms with Crippen molar-refractivity contribution in [3.63, 3.8) is 0 Å². The van der Waals surface area contributed by atoms with E-state index in [9.17, 15) is 45.6 Å². The SMILES string of the molecule is CCCCC/C=C/C(O)C(COC1OC(CO)C(OC2OC(CO)C(O)C(O)C2O)C(O)C1O)NC(=O)CCCCCCCCC/C=C\CCCCCCCC. The molecule has 12 atom stereocenters. The number of aliphatic hydroxyl groups is 8. The van der Waals surface area contributed by atoms with Crippen molar-refractivity contribution in [1.29, 1.82) is 0 Å². The summed E-state index contributed by atoms with van der Waals surface area (Å²) in [4.78, 5) is 13.0. The van der Waals surface area contributed by atoms with E-state index in [-0.39, 0.29) is 18.9 Å². The van der Waals surface area contributed by atoms with Gasteiger partial charge in [-0.1, -0.05) is 115 Å². The van der Waals surface area contributed by atoms with E-state index in [1.54, 1.807) is 6.08 Å². The maximum absolute atomic E-state index is 13.0. The fraction of sp³-hybridized carbons (Fsp3) is 0.881. The number of nitrogens with one attached hydrogen (secondary N) is 1. The third-order valence-corrected chi connectivity index (χ3v) is 10.6. The van der Waals surface area contributed by atoms with Crippen LogP contribution >= 0.6 is 0 Å². The molecule has 0 aromatic heterocycles. The number of unbranched alkanes of at least 4 members (excludes halogenated alkanes) is 16. The van der Waals surface area contributed by atoms with Crippen LogP contribution < -0.4 is 5.32 Å². The predicted octanol–water partition coefficient (Wildman–Crippen LogP) is 3.43. The Balaban J connectivity index is 1.81. The van der Waals surface area contributed by atoms with Gasteiger partial charge in [-0.25, -0.2) is 0 Å². The molecule has 56 heavy (non-hydrogen) atoms. The maximum Gasteiger partial charge on any atom is 0.220 e. The quantitative estimate of drug-likeness (QED) is 0.0362. The highest BCUT2D eigenvalue weighted by atomic mass is 16.7. The van der Waals surface area contributed by atoms with Gasteiger partial charge in [-0.05, 0) is 44.9 Å². The number of carbonyl (C=O) groups is 1. The van der Waals surface area contributed by atoms with Gasteiger partial charge in [0.05, 0.1) is 32.0 Å². The highest BCUT2D eigenvalue weighted by molar-refractivity contribution is 5.76. The van der Waals surface area contributed by atoms with Crippen LogP contribution in [0.2, 0.25) is 0 Å². The third kappa shape index (κ3) is 19.0. The second kappa shape index (κ2) is 30.5. The van der Waals surface area contributed by atoms with E-state index >= 15 is 0 Å². The lowest BCUT2D eigenvalue weighted by atomic mass is 9.97. The van der Waals surface area contributed by atoms with Gasteiger partial charge in [0.25, 0.3) is 0 Å². The molecule has 2 aliphatic heterocycles. The topological polar surface area (TPSA) is 228 Å². The van der Waals surface area contributed by atoms with Gasteiger partial charge < -0.3 is 65.1 Å². The third-order valence-electron chi connectivity index (χ3n) is 10.6.